The van der Waals surface area contributed by atoms with Gasteiger partial charge in [-0.05, 0) is 41.8 Å². The van der Waals surface area contributed by atoms with Crippen LogP contribution in [0.25, 0.3) is 21.8 Å². The van der Waals surface area contributed by atoms with Gasteiger partial charge in [0.1, 0.15) is 5.82 Å². The second-order valence-electron chi connectivity index (χ2n) is 6.60. The van der Waals surface area contributed by atoms with Crippen LogP contribution in [0, 0.1) is 5.82 Å². The van der Waals surface area contributed by atoms with E-state index in [4.69, 9.17) is 0 Å². The van der Waals surface area contributed by atoms with Gasteiger partial charge in [0.05, 0.1) is 5.52 Å². The van der Waals surface area contributed by atoms with Gasteiger partial charge in [-0.1, -0.05) is 24.3 Å². The summed E-state index contributed by atoms with van der Waals surface area (Å²) in [5.74, 6) is 0.505. The van der Waals surface area contributed by atoms with E-state index in [0.717, 1.165) is 51.9 Å². The van der Waals surface area contributed by atoms with E-state index in [1.807, 2.05) is 30.6 Å². The third kappa shape index (κ3) is 4.84. The van der Waals surface area contributed by atoms with E-state index in [2.05, 4.69) is 43.8 Å². The number of hydrogen-bond acceptors (Lipinski definition) is 2. The molecule has 0 amide bonds. The molecule has 0 aliphatic rings. The Labute approximate surface area is 185 Å². The minimum absolute atomic E-state index is 0. The van der Waals surface area contributed by atoms with E-state index in [-0.39, 0.29) is 29.8 Å². The smallest absolute Gasteiger partial charge is 0.191 e. The normalized spacial score (nSPS) is 11.4. The molecule has 4 rings (SSSR count). The summed E-state index contributed by atoms with van der Waals surface area (Å²) in [6, 6.07) is 15.0. The monoisotopic (exact) mass is 503 g/mol. The molecule has 2 heterocycles. The van der Waals surface area contributed by atoms with Crippen molar-refractivity contribution in [3.63, 3.8) is 0 Å². The SMILES string of the molecule is CN=C(NCCc1c[nH]c2cc(F)ccc12)NCc1cccc2cccnc12.I. The quantitative estimate of drug-likeness (QED) is 0.215. The number of fused-ring (bicyclic) bond motifs is 2. The molecule has 0 fully saturated rings. The molecule has 0 saturated heterocycles. The molecular formula is C22H23FIN5. The molecular weight excluding hydrogens is 480 g/mol. The summed E-state index contributed by atoms with van der Waals surface area (Å²) >= 11 is 0. The topological polar surface area (TPSA) is 65.1 Å². The second kappa shape index (κ2) is 9.69. The molecule has 0 unspecified atom stereocenters. The molecule has 7 heteroatoms. The molecule has 0 spiro atoms. The van der Waals surface area contributed by atoms with Crippen LogP contribution >= 0.6 is 24.0 Å². The number of aromatic amines is 1. The van der Waals surface area contributed by atoms with E-state index in [9.17, 15) is 4.39 Å². The van der Waals surface area contributed by atoms with Gasteiger partial charge >= 0.3 is 0 Å². The average Bonchev–Trinajstić information content (AvgIpc) is 3.12. The van der Waals surface area contributed by atoms with E-state index >= 15 is 0 Å². The second-order valence-corrected chi connectivity index (χ2v) is 6.60. The number of nitrogens with zero attached hydrogens (tertiary/aromatic N) is 2. The number of nitrogens with one attached hydrogen (secondary N) is 3. The number of para-hydroxylation sites is 1. The molecule has 0 bridgehead atoms. The van der Waals surface area contributed by atoms with Crippen LogP contribution in [0.15, 0.2) is 65.9 Å². The van der Waals surface area contributed by atoms with Crippen LogP contribution in [0.1, 0.15) is 11.1 Å². The molecule has 29 heavy (non-hydrogen) atoms. The van der Waals surface area contributed by atoms with Crippen LogP contribution in [-0.4, -0.2) is 29.5 Å². The molecule has 0 atom stereocenters. The number of aliphatic imine (C=N–C) groups is 1. The number of aromatic nitrogens is 2. The predicted molar refractivity (Wildman–Crippen MR) is 127 cm³/mol. The molecule has 0 aliphatic heterocycles. The van der Waals surface area contributed by atoms with Crippen molar-refractivity contribution < 1.29 is 4.39 Å². The first-order valence-electron chi connectivity index (χ1n) is 9.27. The largest absolute Gasteiger partial charge is 0.361 e. The fourth-order valence-electron chi connectivity index (χ4n) is 3.39. The number of guanidine groups is 1. The maximum absolute atomic E-state index is 13.3. The summed E-state index contributed by atoms with van der Waals surface area (Å²) in [6.07, 6.45) is 4.55. The van der Waals surface area contributed by atoms with E-state index in [0.29, 0.717) is 6.54 Å². The number of H-pyrrole nitrogens is 1. The fourth-order valence-corrected chi connectivity index (χ4v) is 3.39. The third-order valence-electron chi connectivity index (χ3n) is 4.80. The van der Waals surface area contributed by atoms with Crippen LogP contribution in [0.5, 0.6) is 0 Å². The zero-order valence-corrected chi connectivity index (χ0v) is 18.4. The first-order chi connectivity index (χ1) is 13.7. The molecule has 150 valence electrons. The molecule has 5 nitrogen and oxygen atoms in total. The van der Waals surface area contributed by atoms with Crippen molar-refractivity contribution in [3.8, 4) is 0 Å². The number of benzene rings is 2. The lowest BCUT2D eigenvalue weighted by Gasteiger charge is -2.12. The Hall–Kier alpha value is -2.68. The first-order valence-corrected chi connectivity index (χ1v) is 9.27. The van der Waals surface area contributed by atoms with Crippen molar-refractivity contribution in [3.05, 3.63) is 77.9 Å². The minimum atomic E-state index is -0.230. The lowest BCUT2D eigenvalue weighted by atomic mass is 10.1. The standard InChI is InChI=1S/C22H22FN5.HI/c1-24-22(28-14-17-5-2-4-15-6-3-10-25-21(15)17)26-11-9-16-13-27-20-12-18(23)7-8-19(16)20;/h2-8,10,12-13,27H,9,11,14H2,1H3,(H2,24,26,28);1H. The Morgan fingerprint density at radius 1 is 1.10 bits per heavy atom. The van der Waals surface area contributed by atoms with E-state index < -0.39 is 0 Å². The Morgan fingerprint density at radius 3 is 2.83 bits per heavy atom. The van der Waals surface area contributed by atoms with Crippen LogP contribution in [-0.2, 0) is 13.0 Å². The average molecular weight is 503 g/mol. The number of rotatable bonds is 5. The van der Waals surface area contributed by atoms with Gasteiger partial charge in [-0.3, -0.25) is 9.98 Å². The summed E-state index contributed by atoms with van der Waals surface area (Å²) in [4.78, 5) is 11.9. The molecule has 0 saturated carbocycles. The molecule has 0 radical (unpaired) electrons. The molecule has 3 N–H and O–H groups in total. The van der Waals surface area contributed by atoms with Gasteiger partial charge < -0.3 is 15.6 Å². The molecule has 2 aromatic heterocycles. The Kier molecular flexibility index (Phi) is 7.03. The van der Waals surface area contributed by atoms with Gasteiger partial charge in [0.15, 0.2) is 5.96 Å². The van der Waals surface area contributed by atoms with Crippen molar-refractivity contribution in [2.45, 2.75) is 13.0 Å². The Balaban J connectivity index is 0.00000240. The van der Waals surface area contributed by atoms with Crippen molar-refractivity contribution in [1.82, 2.24) is 20.6 Å². The highest BCUT2D eigenvalue weighted by Crippen LogP contribution is 2.19. The van der Waals surface area contributed by atoms with Crippen LogP contribution in [0.4, 0.5) is 4.39 Å². The van der Waals surface area contributed by atoms with Crippen molar-refractivity contribution >= 4 is 51.7 Å². The third-order valence-corrected chi connectivity index (χ3v) is 4.80. The highest BCUT2D eigenvalue weighted by Gasteiger charge is 2.06. The highest BCUT2D eigenvalue weighted by atomic mass is 127. The van der Waals surface area contributed by atoms with Crippen LogP contribution in [0.3, 0.4) is 0 Å². The Bertz CT molecular complexity index is 1130. The van der Waals surface area contributed by atoms with Gasteiger partial charge in [0, 0.05) is 48.8 Å². The van der Waals surface area contributed by atoms with Gasteiger partial charge in [-0.15, -0.1) is 24.0 Å². The Morgan fingerprint density at radius 2 is 1.97 bits per heavy atom. The van der Waals surface area contributed by atoms with Gasteiger partial charge in [0.25, 0.3) is 0 Å². The summed E-state index contributed by atoms with van der Waals surface area (Å²) in [7, 11) is 1.76. The first kappa shape index (κ1) is 21.0. The number of pyridine rings is 1. The number of halogens is 2. The van der Waals surface area contributed by atoms with Crippen LogP contribution < -0.4 is 10.6 Å². The summed E-state index contributed by atoms with van der Waals surface area (Å²) in [5, 5.41) is 8.85. The highest BCUT2D eigenvalue weighted by molar-refractivity contribution is 14.0. The van der Waals surface area contributed by atoms with E-state index in [1.165, 1.54) is 12.1 Å². The zero-order valence-electron chi connectivity index (χ0n) is 16.1. The lowest BCUT2D eigenvalue weighted by Crippen LogP contribution is -2.37. The molecule has 0 aliphatic carbocycles. The van der Waals surface area contributed by atoms with Crippen molar-refractivity contribution in [1.29, 1.82) is 0 Å². The fraction of sp³-hybridized carbons (Fsp3) is 0.182. The number of hydrogen-bond donors (Lipinski definition) is 3. The summed E-state index contributed by atoms with van der Waals surface area (Å²) in [6.45, 7) is 1.36. The zero-order chi connectivity index (χ0) is 19.3. The predicted octanol–water partition coefficient (Wildman–Crippen LogP) is 4.38. The van der Waals surface area contributed by atoms with Crippen molar-refractivity contribution in [2.24, 2.45) is 4.99 Å². The summed E-state index contributed by atoms with van der Waals surface area (Å²) in [5.41, 5.74) is 4.09. The molecule has 2 aromatic carbocycles. The minimum Gasteiger partial charge on any atom is -0.361 e. The van der Waals surface area contributed by atoms with Gasteiger partial charge in [0.2, 0.25) is 0 Å². The van der Waals surface area contributed by atoms with Gasteiger partial charge in [-0.2, -0.15) is 0 Å². The van der Waals surface area contributed by atoms with Crippen LogP contribution in [0.2, 0.25) is 0 Å². The maximum Gasteiger partial charge on any atom is 0.191 e. The molecule has 4 aromatic rings. The summed E-state index contributed by atoms with van der Waals surface area (Å²) < 4.78 is 13.3. The van der Waals surface area contributed by atoms with E-state index in [1.54, 1.807) is 7.05 Å². The van der Waals surface area contributed by atoms with Gasteiger partial charge in [-0.25, -0.2) is 4.39 Å². The van der Waals surface area contributed by atoms with Crippen molar-refractivity contribution in [2.75, 3.05) is 13.6 Å². The maximum atomic E-state index is 13.3. The lowest BCUT2D eigenvalue weighted by molar-refractivity contribution is 0.629.